The molecule has 0 unspecified atom stereocenters. The molecule has 2 amide bonds. The van der Waals surface area contributed by atoms with Crippen molar-refractivity contribution in [3.63, 3.8) is 0 Å². The number of carbonyl (C=O) groups excluding carboxylic acids is 2. The summed E-state index contributed by atoms with van der Waals surface area (Å²) in [4.78, 5) is 31.5. The van der Waals surface area contributed by atoms with Gasteiger partial charge in [0.25, 0.3) is 5.91 Å². The van der Waals surface area contributed by atoms with Crippen molar-refractivity contribution >= 4 is 11.8 Å². The fourth-order valence-electron chi connectivity index (χ4n) is 4.31. The first-order valence-electron chi connectivity index (χ1n) is 10.9. The summed E-state index contributed by atoms with van der Waals surface area (Å²) in [6.07, 6.45) is 0. The maximum atomic E-state index is 13.3. The standard InChI is InChI=1S/C24H34N4O2/c1-6-26(7-2)23(29)17-25-12-14-27(15-13-25)24(30)21-16-19(4)28(20(21)5)22-11-9-8-10-18(22)3/h8-11,16H,6-7,12-15,17H2,1-5H3. The van der Waals surface area contributed by atoms with Crippen LogP contribution in [-0.4, -0.2) is 76.9 Å². The first kappa shape index (κ1) is 22.1. The lowest BCUT2D eigenvalue weighted by atomic mass is 10.1. The quantitative estimate of drug-likeness (QED) is 0.736. The van der Waals surface area contributed by atoms with E-state index in [4.69, 9.17) is 0 Å². The van der Waals surface area contributed by atoms with Crippen LogP contribution in [0.2, 0.25) is 0 Å². The minimum absolute atomic E-state index is 0.0812. The predicted molar refractivity (Wildman–Crippen MR) is 120 cm³/mol. The van der Waals surface area contributed by atoms with Crippen LogP contribution in [0.15, 0.2) is 30.3 Å². The highest BCUT2D eigenvalue weighted by atomic mass is 16.2. The molecule has 1 aliphatic heterocycles. The Labute approximate surface area is 180 Å². The van der Waals surface area contributed by atoms with Crippen LogP contribution in [0.1, 0.15) is 41.2 Å². The van der Waals surface area contributed by atoms with Gasteiger partial charge in [-0.15, -0.1) is 0 Å². The minimum Gasteiger partial charge on any atom is -0.342 e. The second-order valence-electron chi connectivity index (χ2n) is 8.04. The normalized spacial score (nSPS) is 14.8. The molecule has 0 saturated carbocycles. The van der Waals surface area contributed by atoms with Crippen molar-refractivity contribution in [3.05, 3.63) is 52.8 Å². The second-order valence-corrected chi connectivity index (χ2v) is 8.04. The zero-order chi connectivity index (χ0) is 21.8. The van der Waals surface area contributed by atoms with Gasteiger partial charge in [0.15, 0.2) is 0 Å². The zero-order valence-electron chi connectivity index (χ0n) is 18.9. The summed E-state index contributed by atoms with van der Waals surface area (Å²) in [5.41, 5.74) is 5.11. The summed E-state index contributed by atoms with van der Waals surface area (Å²) in [6, 6.07) is 10.2. The van der Waals surface area contributed by atoms with Gasteiger partial charge < -0.3 is 14.4 Å². The number of hydrogen-bond donors (Lipinski definition) is 0. The van der Waals surface area contributed by atoms with Crippen LogP contribution in [0.5, 0.6) is 0 Å². The number of carbonyl (C=O) groups is 2. The van der Waals surface area contributed by atoms with E-state index in [1.807, 2.05) is 55.7 Å². The molecule has 0 radical (unpaired) electrons. The van der Waals surface area contributed by atoms with Crippen molar-refractivity contribution in [2.24, 2.45) is 0 Å². The highest BCUT2D eigenvalue weighted by Crippen LogP contribution is 2.24. The van der Waals surface area contributed by atoms with Crippen LogP contribution < -0.4 is 0 Å². The third kappa shape index (κ3) is 4.43. The van der Waals surface area contributed by atoms with E-state index in [1.165, 1.54) is 5.56 Å². The Kier molecular flexibility index (Phi) is 6.98. The van der Waals surface area contributed by atoms with Crippen molar-refractivity contribution in [2.45, 2.75) is 34.6 Å². The van der Waals surface area contributed by atoms with Gasteiger partial charge in [-0.05, 0) is 52.3 Å². The Morgan fingerprint density at radius 2 is 1.60 bits per heavy atom. The summed E-state index contributed by atoms with van der Waals surface area (Å²) < 4.78 is 2.17. The zero-order valence-corrected chi connectivity index (χ0v) is 18.9. The largest absolute Gasteiger partial charge is 0.342 e. The maximum Gasteiger partial charge on any atom is 0.255 e. The molecule has 2 aromatic rings. The summed E-state index contributed by atoms with van der Waals surface area (Å²) in [5.74, 6) is 0.249. The molecule has 0 spiro atoms. The number of aryl methyl sites for hydroxylation is 2. The van der Waals surface area contributed by atoms with E-state index >= 15 is 0 Å². The Bertz CT molecular complexity index is 906. The molecule has 1 aromatic heterocycles. The molecule has 162 valence electrons. The molecule has 30 heavy (non-hydrogen) atoms. The lowest BCUT2D eigenvalue weighted by molar-refractivity contribution is -0.132. The Morgan fingerprint density at radius 3 is 2.20 bits per heavy atom. The van der Waals surface area contributed by atoms with Gasteiger partial charge in [0, 0.05) is 56.3 Å². The van der Waals surface area contributed by atoms with E-state index in [9.17, 15) is 9.59 Å². The number of likely N-dealkylation sites (N-methyl/N-ethyl adjacent to an activating group) is 1. The van der Waals surface area contributed by atoms with E-state index < -0.39 is 0 Å². The number of benzene rings is 1. The molecule has 6 heteroatoms. The lowest BCUT2D eigenvalue weighted by Crippen LogP contribution is -2.51. The topological polar surface area (TPSA) is 48.8 Å². The van der Waals surface area contributed by atoms with E-state index in [-0.39, 0.29) is 11.8 Å². The van der Waals surface area contributed by atoms with E-state index in [2.05, 4.69) is 28.5 Å². The molecule has 6 nitrogen and oxygen atoms in total. The van der Waals surface area contributed by atoms with Crippen LogP contribution in [0.3, 0.4) is 0 Å². The van der Waals surface area contributed by atoms with Crippen molar-refractivity contribution in [1.29, 1.82) is 0 Å². The van der Waals surface area contributed by atoms with E-state index in [1.54, 1.807) is 0 Å². The van der Waals surface area contributed by atoms with Gasteiger partial charge in [0.2, 0.25) is 5.91 Å². The molecule has 1 aliphatic rings. The monoisotopic (exact) mass is 410 g/mol. The average molecular weight is 411 g/mol. The van der Waals surface area contributed by atoms with Crippen LogP contribution in [-0.2, 0) is 4.79 Å². The summed E-state index contributed by atoms with van der Waals surface area (Å²) in [6.45, 7) is 14.9. The van der Waals surface area contributed by atoms with Gasteiger partial charge in [0.05, 0.1) is 12.1 Å². The number of rotatable bonds is 6. The van der Waals surface area contributed by atoms with E-state index in [0.29, 0.717) is 19.6 Å². The summed E-state index contributed by atoms with van der Waals surface area (Å²) >= 11 is 0. The fourth-order valence-corrected chi connectivity index (χ4v) is 4.31. The molecule has 0 aliphatic carbocycles. The fraction of sp³-hybridized carbons (Fsp3) is 0.500. The van der Waals surface area contributed by atoms with Gasteiger partial charge in [-0.25, -0.2) is 0 Å². The van der Waals surface area contributed by atoms with Gasteiger partial charge in [0.1, 0.15) is 0 Å². The van der Waals surface area contributed by atoms with Crippen molar-refractivity contribution < 1.29 is 9.59 Å². The third-order valence-electron chi connectivity index (χ3n) is 6.15. The molecular weight excluding hydrogens is 376 g/mol. The first-order valence-corrected chi connectivity index (χ1v) is 10.9. The molecule has 1 fully saturated rings. The molecular formula is C24H34N4O2. The number of hydrogen-bond acceptors (Lipinski definition) is 3. The van der Waals surface area contributed by atoms with Gasteiger partial charge in [-0.3, -0.25) is 14.5 Å². The smallest absolute Gasteiger partial charge is 0.255 e. The van der Waals surface area contributed by atoms with Crippen LogP contribution in [0, 0.1) is 20.8 Å². The van der Waals surface area contributed by atoms with Crippen LogP contribution in [0.4, 0.5) is 0 Å². The predicted octanol–water partition coefficient (Wildman–Crippen LogP) is 3.03. The minimum atomic E-state index is 0.0812. The number of para-hydroxylation sites is 1. The second kappa shape index (κ2) is 9.47. The molecule has 3 rings (SSSR count). The molecule has 0 bridgehead atoms. The number of nitrogens with zero attached hydrogens (tertiary/aromatic N) is 4. The molecule has 0 atom stereocenters. The van der Waals surface area contributed by atoms with Crippen molar-refractivity contribution in [2.75, 3.05) is 45.8 Å². The summed E-state index contributed by atoms with van der Waals surface area (Å²) in [7, 11) is 0. The van der Waals surface area contributed by atoms with Gasteiger partial charge in [-0.1, -0.05) is 18.2 Å². The lowest BCUT2D eigenvalue weighted by Gasteiger charge is -2.35. The van der Waals surface area contributed by atoms with Crippen molar-refractivity contribution in [3.8, 4) is 5.69 Å². The Balaban J connectivity index is 1.68. The SMILES string of the molecule is CCN(CC)C(=O)CN1CCN(C(=O)c2cc(C)n(-c3ccccc3C)c2C)CC1. The Hall–Kier alpha value is -2.60. The molecule has 1 aromatic carbocycles. The van der Waals surface area contributed by atoms with E-state index in [0.717, 1.165) is 48.8 Å². The van der Waals surface area contributed by atoms with Crippen LogP contribution in [0.25, 0.3) is 5.69 Å². The average Bonchev–Trinajstić information content (AvgIpc) is 3.03. The maximum absolute atomic E-state index is 13.3. The number of amides is 2. The molecule has 2 heterocycles. The highest BCUT2D eigenvalue weighted by molar-refractivity contribution is 5.96. The third-order valence-corrected chi connectivity index (χ3v) is 6.15. The summed E-state index contributed by atoms with van der Waals surface area (Å²) in [5, 5.41) is 0. The number of piperazine rings is 1. The van der Waals surface area contributed by atoms with Gasteiger partial charge in [-0.2, -0.15) is 0 Å². The first-order chi connectivity index (χ1) is 14.4. The number of aromatic nitrogens is 1. The van der Waals surface area contributed by atoms with Crippen molar-refractivity contribution in [1.82, 2.24) is 19.3 Å². The molecule has 1 saturated heterocycles. The molecule has 0 N–H and O–H groups in total. The highest BCUT2D eigenvalue weighted by Gasteiger charge is 2.27. The van der Waals surface area contributed by atoms with Gasteiger partial charge >= 0.3 is 0 Å². The van der Waals surface area contributed by atoms with Crippen LogP contribution >= 0.6 is 0 Å². The Morgan fingerprint density at radius 1 is 0.967 bits per heavy atom.